The molecule has 194 valence electrons. The molecule has 2 atom stereocenters. The number of hydrogen-bond donors (Lipinski definition) is 3. The molecule has 0 bridgehead atoms. The van der Waals surface area contributed by atoms with Gasteiger partial charge in [-0.3, -0.25) is 9.88 Å². The number of nitrogens with zero attached hydrogens (tertiary/aromatic N) is 4. The number of aryl methyl sites for hydroxylation is 3. The fourth-order valence-corrected chi connectivity index (χ4v) is 5.26. The van der Waals surface area contributed by atoms with Crippen molar-refractivity contribution >= 4 is 23.5 Å². The predicted molar refractivity (Wildman–Crippen MR) is 138 cm³/mol. The Morgan fingerprint density at radius 2 is 1.71 bits per heavy atom. The number of hydrogen-bond acceptors (Lipinski definition) is 7. The van der Waals surface area contributed by atoms with Gasteiger partial charge in [0.25, 0.3) is 0 Å². The van der Waals surface area contributed by atoms with Gasteiger partial charge < -0.3 is 14.9 Å². The van der Waals surface area contributed by atoms with Gasteiger partial charge in [0.05, 0.1) is 11.4 Å². The molecule has 0 saturated carbocycles. The lowest BCUT2D eigenvalue weighted by Gasteiger charge is -2.39. The summed E-state index contributed by atoms with van der Waals surface area (Å²) in [5.74, 6) is -2.05. The molecule has 1 aliphatic rings. The van der Waals surface area contributed by atoms with E-state index in [0.29, 0.717) is 44.7 Å². The number of carboxylic acid groups (broad SMARTS) is 2. The lowest BCUT2D eigenvalue weighted by atomic mass is 9.77. The van der Waals surface area contributed by atoms with E-state index in [0.717, 1.165) is 0 Å². The van der Waals surface area contributed by atoms with Crippen molar-refractivity contribution < 1.29 is 24.5 Å². The molecule has 3 N–H and O–H groups in total. The quantitative estimate of drug-likeness (QED) is 0.337. The fraction of sp³-hybridized carbons (Fsp3) is 0.222. The molecular weight excluding hydrogens is 510 g/mol. The molecule has 0 fully saturated rings. The van der Waals surface area contributed by atoms with Crippen molar-refractivity contribution in [1.29, 1.82) is 0 Å². The monoisotopic (exact) mass is 533 g/mol. The third kappa shape index (κ3) is 4.17. The van der Waals surface area contributed by atoms with Crippen LogP contribution in [-0.4, -0.2) is 47.8 Å². The summed E-state index contributed by atoms with van der Waals surface area (Å²) in [5.41, 5.74) is 1.46. The van der Waals surface area contributed by atoms with E-state index in [9.17, 15) is 19.8 Å². The van der Waals surface area contributed by atoms with Crippen LogP contribution < -0.4 is 10.1 Å². The third-order valence-electron chi connectivity index (χ3n) is 6.53. The molecular formula is C27H24ClN5O5. The number of ether oxygens (including phenoxy) is 1. The molecule has 0 radical (unpaired) electrons. The van der Waals surface area contributed by atoms with Gasteiger partial charge in [-0.1, -0.05) is 41.9 Å². The minimum Gasteiger partial charge on any atom is -0.478 e. The topological polar surface area (TPSA) is 139 Å². The molecule has 2 aromatic carbocycles. The first-order valence-electron chi connectivity index (χ1n) is 11.8. The van der Waals surface area contributed by atoms with Gasteiger partial charge in [0.15, 0.2) is 5.69 Å². The average molecular weight is 534 g/mol. The van der Waals surface area contributed by atoms with Crippen molar-refractivity contribution in [3.8, 4) is 11.7 Å². The van der Waals surface area contributed by atoms with Gasteiger partial charge in [0, 0.05) is 28.5 Å². The first-order valence-corrected chi connectivity index (χ1v) is 12.1. The zero-order valence-corrected chi connectivity index (χ0v) is 21.5. The van der Waals surface area contributed by atoms with Crippen LogP contribution in [0.25, 0.3) is 5.69 Å². The van der Waals surface area contributed by atoms with Crippen LogP contribution in [0.15, 0.2) is 54.6 Å². The summed E-state index contributed by atoms with van der Waals surface area (Å²) in [5, 5.41) is 24.2. The molecule has 11 heteroatoms. The standard InChI is InChI=1S/C27H24ClN5O5/c1-14-11-15(2)31-26(30-14)38-23(25(36)37)27(17-7-5-4-6-8-17)19-12-18(28)9-10-20(19)33-16(3)32-22(24(34)35)21(33)13-29-27/h4-12,23,29H,13H2,1-3H3,(H,34,35)(H,36,37)/t23-,27+/m1/s1. The Morgan fingerprint density at radius 3 is 2.34 bits per heavy atom. The Morgan fingerprint density at radius 1 is 1.03 bits per heavy atom. The zero-order chi connectivity index (χ0) is 27.2. The van der Waals surface area contributed by atoms with Crippen LogP contribution in [0.5, 0.6) is 6.01 Å². The number of aliphatic carboxylic acids is 1. The van der Waals surface area contributed by atoms with E-state index >= 15 is 0 Å². The van der Waals surface area contributed by atoms with E-state index in [1.54, 1.807) is 73.9 Å². The van der Waals surface area contributed by atoms with Crippen molar-refractivity contribution in [3.05, 3.63) is 99.3 Å². The van der Waals surface area contributed by atoms with E-state index < -0.39 is 23.6 Å². The van der Waals surface area contributed by atoms with E-state index in [-0.39, 0.29) is 18.2 Å². The van der Waals surface area contributed by atoms with Crippen LogP contribution in [0.3, 0.4) is 0 Å². The van der Waals surface area contributed by atoms with E-state index in [1.807, 2.05) is 6.07 Å². The fourth-order valence-electron chi connectivity index (χ4n) is 5.09. The molecule has 3 heterocycles. The minimum atomic E-state index is -1.59. The summed E-state index contributed by atoms with van der Waals surface area (Å²) < 4.78 is 7.81. The lowest BCUT2D eigenvalue weighted by molar-refractivity contribution is -0.149. The minimum absolute atomic E-state index is 0.0372. The number of aromatic carboxylic acids is 1. The van der Waals surface area contributed by atoms with E-state index in [2.05, 4.69) is 20.3 Å². The van der Waals surface area contributed by atoms with Gasteiger partial charge in [-0.15, -0.1) is 0 Å². The maximum absolute atomic E-state index is 13.0. The Bertz CT molecular complexity index is 1550. The molecule has 1 aliphatic heterocycles. The maximum atomic E-state index is 13.0. The molecule has 4 aromatic rings. The summed E-state index contributed by atoms with van der Waals surface area (Å²) in [4.78, 5) is 38.0. The maximum Gasteiger partial charge on any atom is 0.356 e. The van der Waals surface area contributed by atoms with Crippen molar-refractivity contribution in [1.82, 2.24) is 24.8 Å². The summed E-state index contributed by atoms with van der Waals surface area (Å²) in [6, 6.07) is 15.7. The highest BCUT2D eigenvalue weighted by Gasteiger charge is 2.51. The molecule has 10 nitrogen and oxygen atoms in total. The van der Waals surface area contributed by atoms with E-state index in [1.165, 1.54) is 0 Å². The third-order valence-corrected chi connectivity index (χ3v) is 6.77. The highest BCUT2D eigenvalue weighted by atomic mass is 35.5. The SMILES string of the molecule is Cc1cc(C)nc(O[C@H](C(=O)O)[C@@]2(c3ccccc3)NCc3c(C(=O)O)nc(C)n3-c3ccc(Cl)cc32)n1. The smallest absolute Gasteiger partial charge is 0.356 e. The molecule has 0 unspecified atom stereocenters. The number of halogens is 1. The molecule has 5 rings (SSSR count). The number of nitrogens with one attached hydrogen (secondary N) is 1. The largest absolute Gasteiger partial charge is 0.478 e. The van der Waals surface area contributed by atoms with Gasteiger partial charge in [0.2, 0.25) is 6.10 Å². The second-order valence-corrected chi connectivity index (χ2v) is 9.49. The highest BCUT2D eigenvalue weighted by Crippen LogP contribution is 2.42. The van der Waals surface area contributed by atoms with Crippen LogP contribution in [-0.2, 0) is 16.9 Å². The molecule has 38 heavy (non-hydrogen) atoms. The Balaban J connectivity index is 1.84. The van der Waals surface area contributed by atoms with Gasteiger partial charge in [0.1, 0.15) is 11.4 Å². The number of rotatable bonds is 6. The number of aromatic nitrogens is 4. The number of carboxylic acids is 2. The summed E-state index contributed by atoms with van der Waals surface area (Å²) in [7, 11) is 0. The van der Waals surface area contributed by atoms with Crippen LogP contribution in [0, 0.1) is 20.8 Å². The molecule has 2 aromatic heterocycles. The lowest BCUT2D eigenvalue weighted by Crippen LogP contribution is -2.58. The number of imidazole rings is 1. The van der Waals surface area contributed by atoms with Gasteiger partial charge in [-0.25, -0.2) is 24.5 Å². The predicted octanol–water partition coefficient (Wildman–Crippen LogP) is 3.82. The van der Waals surface area contributed by atoms with Crippen LogP contribution >= 0.6 is 11.6 Å². The summed E-state index contributed by atoms with van der Waals surface area (Å²) in [6.07, 6.45) is -1.59. The number of benzene rings is 2. The highest BCUT2D eigenvalue weighted by molar-refractivity contribution is 6.30. The van der Waals surface area contributed by atoms with Crippen LogP contribution in [0.2, 0.25) is 5.02 Å². The summed E-state index contributed by atoms with van der Waals surface area (Å²) >= 11 is 6.49. The second-order valence-electron chi connectivity index (χ2n) is 9.05. The number of fused-ring (bicyclic) bond motifs is 3. The van der Waals surface area contributed by atoms with Gasteiger partial charge >= 0.3 is 17.9 Å². The van der Waals surface area contributed by atoms with Gasteiger partial charge in [-0.2, -0.15) is 0 Å². The second kappa shape index (κ2) is 9.55. The van der Waals surface area contributed by atoms with Gasteiger partial charge in [-0.05, 0) is 50.6 Å². The zero-order valence-electron chi connectivity index (χ0n) is 20.8. The molecule has 0 spiro atoms. The number of carbonyl (C=O) groups is 2. The van der Waals surface area contributed by atoms with Crippen LogP contribution in [0.1, 0.15) is 44.5 Å². The molecule has 0 aliphatic carbocycles. The normalized spacial score (nSPS) is 17.2. The Kier molecular flexibility index (Phi) is 6.38. The van der Waals surface area contributed by atoms with Crippen LogP contribution in [0.4, 0.5) is 0 Å². The van der Waals surface area contributed by atoms with E-state index in [4.69, 9.17) is 16.3 Å². The van der Waals surface area contributed by atoms with Crippen molar-refractivity contribution in [2.75, 3.05) is 0 Å². The molecule has 0 saturated heterocycles. The first kappa shape index (κ1) is 25.4. The Labute approximate surface area is 222 Å². The van der Waals surface area contributed by atoms with Crippen molar-refractivity contribution in [2.45, 2.75) is 39.0 Å². The first-order chi connectivity index (χ1) is 18.1. The summed E-state index contributed by atoms with van der Waals surface area (Å²) in [6.45, 7) is 5.18. The average Bonchev–Trinajstić information content (AvgIpc) is 3.12. The van der Waals surface area contributed by atoms with Crippen molar-refractivity contribution in [2.24, 2.45) is 0 Å². The Hall–Kier alpha value is -4.28. The molecule has 0 amide bonds. The van der Waals surface area contributed by atoms with Crippen molar-refractivity contribution in [3.63, 3.8) is 0 Å².